The molecule has 86 heavy (non-hydrogen) atoms. The summed E-state index contributed by atoms with van der Waals surface area (Å²) in [6.45, 7) is 11.7. The lowest BCUT2D eigenvalue weighted by atomic mass is 9.47. The first-order valence-corrected chi connectivity index (χ1v) is 31.2. The van der Waals surface area contributed by atoms with E-state index >= 15 is 0 Å². The zero-order valence-corrected chi connectivity index (χ0v) is 50.2. The van der Waals surface area contributed by atoms with Crippen molar-refractivity contribution < 1.29 is 140 Å². The number of aliphatic hydroxyl groups excluding tert-OH is 12. The van der Waals surface area contributed by atoms with E-state index in [0.29, 0.717) is 25.7 Å². The van der Waals surface area contributed by atoms with E-state index in [1.54, 1.807) is 6.92 Å². The van der Waals surface area contributed by atoms with Gasteiger partial charge in [0.1, 0.15) is 109 Å². The van der Waals surface area contributed by atoms with Crippen LogP contribution in [0.3, 0.4) is 0 Å². The highest BCUT2D eigenvalue weighted by Gasteiger charge is 2.64. The number of hydrogen-bond acceptors (Lipinski definition) is 28. The van der Waals surface area contributed by atoms with Gasteiger partial charge in [0.2, 0.25) is 0 Å². The van der Waals surface area contributed by atoms with Crippen LogP contribution in [0.2, 0.25) is 0 Å². The Kier molecular flexibility index (Phi) is 20.8. The summed E-state index contributed by atoms with van der Waals surface area (Å²) in [6, 6.07) is 0. The summed E-state index contributed by atoms with van der Waals surface area (Å²) in [4.78, 5) is 24.9. The lowest BCUT2D eigenvalue weighted by molar-refractivity contribution is -0.406. The first-order chi connectivity index (χ1) is 40.1. The van der Waals surface area contributed by atoms with Gasteiger partial charge in [-0.15, -0.1) is 0 Å². The zero-order chi connectivity index (χ0) is 63.2. The van der Waals surface area contributed by atoms with Gasteiger partial charge in [-0.2, -0.15) is 8.42 Å². The van der Waals surface area contributed by atoms with Gasteiger partial charge in [-0.1, -0.05) is 25.5 Å². The SMILES string of the molecule is CC(=O)CC(=O)CC(C)(O)C1CCC2C3CC(OC4OC(CO)C(O)C(OC5OC(C)C(OC6OC(C)C(O)C(O)C6OC6OC(C)C(O)C(O)C6O)C(O)C5OC5OC(C)C(O)C(O)C5O)C4O)C4CC(OS(=O)(=O)O)CCC4(C)C3=CCC21C. The second kappa shape index (κ2) is 26.2. The average molecular weight is 1260 g/mol. The summed E-state index contributed by atoms with van der Waals surface area (Å²) in [5, 5.41) is 146. The Labute approximate surface area is 498 Å². The van der Waals surface area contributed by atoms with E-state index < -0.39 is 205 Å². The Hall–Kier alpha value is -1.97. The third-order valence-corrected chi connectivity index (χ3v) is 20.9. The maximum Gasteiger partial charge on any atom is 0.397 e. The molecule has 3 saturated carbocycles. The third kappa shape index (κ3) is 13.3. The molecular weight excluding hydrogens is 1170 g/mol. The van der Waals surface area contributed by atoms with Gasteiger partial charge in [0.05, 0.1) is 55.3 Å². The molecule has 0 bridgehead atoms. The van der Waals surface area contributed by atoms with E-state index in [1.807, 2.05) is 6.92 Å². The molecule has 0 aromatic heterocycles. The Morgan fingerprint density at radius 2 is 1.12 bits per heavy atom. The van der Waals surface area contributed by atoms with Crippen LogP contribution in [0.5, 0.6) is 0 Å². The molecular formula is C56H90O29S. The fourth-order valence-corrected chi connectivity index (χ4v) is 16.4. The summed E-state index contributed by atoms with van der Waals surface area (Å²) in [5.74, 6) is -2.01. The molecule has 34 unspecified atom stereocenters. The Bertz CT molecular complexity index is 2510. The number of ether oxygens (including phenoxy) is 10. The highest BCUT2D eigenvalue weighted by molar-refractivity contribution is 7.80. The van der Waals surface area contributed by atoms with Crippen LogP contribution in [-0.2, 0) is 71.5 Å². The largest absolute Gasteiger partial charge is 0.397 e. The molecule has 0 amide bonds. The molecule has 0 spiro atoms. The predicted molar refractivity (Wildman–Crippen MR) is 286 cm³/mol. The van der Waals surface area contributed by atoms with Crippen LogP contribution in [0, 0.1) is 34.5 Å². The molecule has 4 aliphatic carbocycles. The summed E-state index contributed by atoms with van der Waals surface area (Å²) < 4.78 is 101. The summed E-state index contributed by atoms with van der Waals surface area (Å²) in [5.41, 5.74) is -1.69. The van der Waals surface area contributed by atoms with E-state index in [2.05, 4.69) is 13.0 Å². The number of carbonyl (C=O) groups is 2. The first kappa shape index (κ1) is 68.4. The van der Waals surface area contributed by atoms with Crippen molar-refractivity contribution >= 4 is 22.0 Å². The fraction of sp³-hybridized carbons (Fsp3) is 0.929. The highest BCUT2D eigenvalue weighted by Crippen LogP contribution is 2.67. The summed E-state index contributed by atoms with van der Waals surface area (Å²) in [7, 11) is -4.93. The Balaban J connectivity index is 1.00. The van der Waals surface area contributed by atoms with Gasteiger partial charge in [0.25, 0.3) is 0 Å². The third-order valence-electron chi connectivity index (χ3n) is 20.4. The van der Waals surface area contributed by atoms with Gasteiger partial charge < -0.3 is 114 Å². The molecule has 494 valence electrons. The summed E-state index contributed by atoms with van der Waals surface area (Å²) >= 11 is 0. The number of carbonyl (C=O) groups excluding carboxylic acids is 2. The van der Waals surface area contributed by atoms with E-state index in [0.717, 1.165) is 5.57 Å². The van der Waals surface area contributed by atoms with Crippen molar-refractivity contribution in [2.24, 2.45) is 34.5 Å². The molecule has 8 fully saturated rings. The number of ketones is 2. The van der Waals surface area contributed by atoms with Crippen LogP contribution < -0.4 is 0 Å². The van der Waals surface area contributed by atoms with Crippen molar-refractivity contribution in [3.8, 4) is 0 Å². The normalized spacial score (nSPS) is 51.6. The Morgan fingerprint density at radius 3 is 1.67 bits per heavy atom. The smallest absolute Gasteiger partial charge is 0.394 e. The molecule has 34 atom stereocenters. The summed E-state index contributed by atoms with van der Waals surface area (Å²) in [6.07, 6.45) is -40.5. The average Bonchev–Trinajstić information content (AvgIpc) is 1.31. The van der Waals surface area contributed by atoms with Gasteiger partial charge in [-0.25, -0.2) is 4.18 Å². The lowest BCUT2D eigenvalue weighted by Gasteiger charge is -2.60. The molecule has 5 saturated heterocycles. The number of fused-ring (bicyclic) bond motifs is 5. The van der Waals surface area contributed by atoms with Crippen molar-refractivity contribution in [3.05, 3.63) is 11.6 Å². The van der Waals surface area contributed by atoms with Crippen LogP contribution in [0.4, 0.5) is 0 Å². The van der Waals surface area contributed by atoms with Gasteiger partial charge >= 0.3 is 10.4 Å². The first-order valence-electron chi connectivity index (χ1n) is 29.8. The van der Waals surface area contributed by atoms with E-state index in [4.69, 9.17) is 51.6 Å². The van der Waals surface area contributed by atoms with Crippen LogP contribution in [0.15, 0.2) is 11.6 Å². The molecule has 30 heteroatoms. The second-order valence-corrected chi connectivity index (χ2v) is 27.4. The minimum atomic E-state index is -4.93. The van der Waals surface area contributed by atoms with Crippen molar-refractivity contribution in [3.63, 3.8) is 0 Å². The van der Waals surface area contributed by atoms with Crippen LogP contribution in [0.1, 0.15) is 113 Å². The monoisotopic (exact) mass is 1260 g/mol. The van der Waals surface area contributed by atoms with Crippen LogP contribution in [-0.4, -0.2) is 269 Å². The molecule has 9 rings (SSSR count). The molecule has 14 N–H and O–H groups in total. The molecule has 5 heterocycles. The van der Waals surface area contributed by atoms with Gasteiger partial charge in [-0.05, 0) is 121 Å². The lowest BCUT2D eigenvalue weighted by Crippen LogP contribution is -2.68. The topological polar surface area (TPSA) is 453 Å². The number of Topliss-reactive ketones (excluding diaryl/α,β-unsaturated/α-hetero) is 2. The highest BCUT2D eigenvalue weighted by atomic mass is 32.3. The molecule has 9 aliphatic rings. The van der Waals surface area contributed by atoms with Gasteiger partial charge in [-0.3, -0.25) is 14.1 Å². The molecule has 29 nitrogen and oxygen atoms in total. The quantitative estimate of drug-likeness (QED) is 0.0362. The van der Waals surface area contributed by atoms with Crippen molar-refractivity contribution in [2.75, 3.05) is 6.61 Å². The van der Waals surface area contributed by atoms with Gasteiger partial charge in [0.15, 0.2) is 31.5 Å². The standard InChI is InChI=1S/C56H90O29S/c1-20(58)15-25(59)18-56(8,71)33-10-9-28-27-17-31(30-16-26(85-86(72,73)74)11-13-54(30,6)29(27)12-14-55(28,33)7)79-51-44(70)46(37(63)32(19-57)80-51)82-53-48(84-50-42(68)39(65)35(61)22(3)76-50)43(69)45(24(5)78-53)81-52-47(40(66)36(62)23(4)77-52)83-49-41(67)38(64)34(60)21(2)75-49/h12,21-24,26-28,30-53,57,60-71H,9-11,13-19H2,1-8H3,(H,72,73,74). The zero-order valence-electron chi connectivity index (χ0n) is 49.3. The van der Waals surface area contributed by atoms with Gasteiger partial charge in [0, 0.05) is 6.42 Å². The molecule has 5 aliphatic heterocycles. The van der Waals surface area contributed by atoms with E-state index in [1.165, 1.54) is 34.6 Å². The maximum atomic E-state index is 13.0. The fourth-order valence-electron chi connectivity index (χ4n) is 15.9. The van der Waals surface area contributed by atoms with E-state index in [9.17, 15) is 88.9 Å². The van der Waals surface area contributed by atoms with Crippen molar-refractivity contribution in [1.82, 2.24) is 0 Å². The van der Waals surface area contributed by atoms with Crippen LogP contribution >= 0.6 is 0 Å². The predicted octanol–water partition coefficient (Wildman–Crippen LogP) is -3.36. The number of hydrogen-bond donors (Lipinski definition) is 14. The number of allylic oxidation sites excluding steroid dienone is 2. The minimum absolute atomic E-state index is 0.0325. The van der Waals surface area contributed by atoms with E-state index in [-0.39, 0.29) is 61.4 Å². The van der Waals surface area contributed by atoms with Crippen molar-refractivity contribution in [2.45, 2.75) is 285 Å². The van der Waals surface area contributed by atoms with Crippen molar-refractivity contribution in [1.29, 1.82) is 0 Å². The molecule has 0 aromatic rings. The second-order valence-electron chi connectivity index (χ2n) is 26.4. The number of aliphatic hydroxyl groups is 13. The molecule has 0 radical (unpaired) electrons. The Morgan fingerprint density at radius 1 is 0.605 bits per heavy atom. The molecule has 0 aromatic carbocycles. The number of rotatable bonds is 18. The maximum absolute atomic E-state index is 13.0. The minimum Gasteiger partial charge on any atom is -0.394 e. The van der Waals surface area contributed by atoms with Crippen LogP contribution in [0.25, 0.3) is 0 Å².